The molecule has 0 aliphatic carbocycles. The van der Waals surface area contributed by atoms with E-state index in [2.05, 4.69) is 33.8 Å². The van der Waals surface area contributed by atoms with Crippen molar-refractivity contribution in [3.8, 4) is 5.75 Å². The van der Waals surface area contributed by atoms with Crippen LogP contribution in [0.2, 0.25) is 0 Å². The Morgan fingerprint density at radius 3 is 2.22 bits per heavy atom. The molecule has 3 nitrogen and oxygen atoms in total. The molecule has 0 fully saturated rings. The molecule has 4 N–H and O–H groups in total. The summed E-state index contributed by atoms with van der Waals surface area (Å²) in [5.74, 6) is 1.69. The van der Waals surface area contributed by atoms with Gasteiger partial charge in [0, 0.05) is 6.04 Å². The van der Waals surface area contributed by atoms with Gasteiger partial charge in [0.25, 0.3) is 0 Å². The predicted molar refractivity (Wildman–Crippen MR) is 76.8 cm³/mol. The van der Waals surface area contributed by atoms with Crippen molar-refractivity contribution in [1.29, 1.82) is 0 Å². The van der Waals surface area contributed by atoms with Gasteiger partial charge in [-0.3, -0.25) is 0 Å². The SMILES string of the molecule is COc1ccc(C(N)C(CN)C(C)C)c(C)c1C. The molecule has 0 aliphatic heterocycles. The second-order valence-corrected chi connectivity index (χ2v) is 5.28. The minimum absolute atomic E-state index is 0.0143. The fraction of sp³-hybridized carbons (Fsp3) is 0.600. The Balaban J connectivity index is 3.13. The summed E-state index contributed by atoms with van der Waals surface area (Å²) in [7, 11) is 1.69. The van der Waals surface area contributed by atoms with Gasteiger partial charge in [-0.25, -0.2) is 0 Å². The van der Waals surface area contributed by atoms with Crippen molar-refractivity contribution in [3.63, 3.8) is 0 Å². The van der Waals surface area contributed by atoms with Crippen LogP contribution in [0.1, 0.15) is 36.6 Å². The van der Waals surface area contributed by atoms with Crippen molar-refractivity contribution >= 4 is 0 Å². The average molecular weight is 250 g/mol. The zero-order valence-electron chi connectivity index (χ0n) is 12.2. The van der Waals surface area contributed by atoms with Gasteiger partial charge >= 0.3 is 0 Å². The lowest BCUT2D eigenvalue weighted by Gasteiger charge is -2.28. The molecule has 0 heterocycles. The lowest BCUT2D eigenvalue weighted by atomic mass is 9.83. The fourth-order valence-corrected chi connectivity index (χ4v) is 2.46. The van der Waals surface area contributed by atoms with E-state index in [-0.39, 0.29) is 6.04 Å². The van der Waals surface area contributed by atoms with E-state index in [0.717, 1.165) is 11.3 Å². The molecule has 3 heteroatoms. The van der Waals surface area contributed by atoms with Crippen LogP contribution in [0.5, 0.6) is 5.75 Å². The summed E-state index contributed by atoms with van der Waals surface area (Å²) in [6, 6.07) is 4.04. The van der Waals surface area contributed by atoms with Crippen LogP contribution < -0.4 is 16.2 Å². The quantitative estimate of drug-likeness (QED) is 0.844. The van der Waals surface area contributed by atoms with Gasteiger partial charge in [0.2, 0.25) is 0 Å². The third kappa shape index (κ3) is 2.85. The zero-order valence-corrected chi connectivity index (χ0v) is 12.2. The second-order valence-electron chi connectivity index (χ2n) is 5.28. The zero-order chi connectivity index (χ0) is 13.9. The number of rotatable bonds is 5. The van der Waals surface area contributed by atoms with Crippen LogP contribution in [0.3, 0.4) is 0 Å². The molecule has 0 saturated carbocycles. The van der Waals surface area contributed by atoms with Crippen LogP contribution in [0.15, 0.2) is 12.1 Å². The van der Waals surface area contributed by atoms with E-state index < -0.39 is 0 Å². The van der Waals surface area contributed by atoms with Gasteiger partial charge < -0.3 is 16.2 Å². The van der Waals surface area contributed by atoms with E-state index >= 15 is 0 Å². The summed E-state index contributed by atoms with van der Waals surface area (Å²) in [6.45, 7) is 9.12. The summed E-state index contributed by atoms with van der Waals surface area (Å²) in [6.07, 6.45) is 0. The minimum Gasteiger partial charge on any atom is -0.496 e. The maximum atomic E-state index is 6.39. The van der Waals surface area contributed by atoms with Gasteiger partial charge in [-0.15, -0.1) is 0 Å². The summed E-state index contributed by atoms with van der Waals surface area (Å²) >= 11 is 0. The number of benzene rings is 1. The number of hydrogen-bond acceptors (Lipinski definition) is 3. The molecular weight excluding hydrogens is 224 g/mol. The van der Waals surface area contributed by atoms with Crippen molar-refractivity contribution in [2.75, 3.05) is 13.7 Å². The molecule has 0 bridgehead atoms. The van der Waals surface area contributed by atoms with E-state index in [1.807, 2.05) is 6.07 Å². The highest BCUT2D eigenvalue weighted by Crippen LogP contribution is 2.32. The van der Waals surface area contributed by atoms with Gasteiger partial charge in [-0.05, 0) is 55.0 Å². The molecule has 18 heavy (non-hydrogen) atoms. The van der Waals surface area contributed by atoms with Gasteiger partial charge in [0.15, 0.2) is 0 Å². The van der Waals surface area contributed by atoms with Crippen LogP contribution in [0.25, 0.3) is 0 Å². The summed E-state index contributed by atoms with van der Waals surface area (Å²) < 4.78 is 5.33. The molecule has 2 unspecified atom stereocenters. The Hall–Kier alpha value is -1.06. The maximum Gasteiger partial charge on any atom is 0.122 e. The van der Waals surface area contributed by atoms with Crippen LogP contribution in [-0.4, -0.2) is 13.7 Å². The largest absolute Gasteiger partial charge is 0.496 e. The van der Waals surface area contributed by atoms with Crippen LogP contribution >= 0.6 is 0 Å². The Bertz CT molecular complexity index is 402. The topological polar surface area (TPSA) is 61.3 Å². The van der Waals surface area contributed by atoms with E-state index in [0.29, 0.717) is 18.4 Å². The van der Waals surface area contributed by atoms with Gasteiger partial charge in [-0.1, -0.05) is 19.9 Å². The Labute approximate surface area is 111 Å². The molecule has 0 amide bonds. The Morgan fingerprint density at radius 1 is 1.17 bits per heavy atom. The summed E-state index contributed by atoms with van der Waals surface area (Å²) in [5, 5.41) is 0. The summed E-state index contributed by atoms with van der Waals surface area (Å²) in [5.41, 5.74) is 15.8. The van der Waals surface area contributed by atoms with E-state index in [4.69, 9.17) is 16.2 Å². The lowest BCUT2D eigenvalue weighted by molar-refractivity contribution is 0.330. The Kier molecular flexibility index (Phi) is 5.17. The molecule has 0 spiro atoms. The molecule has 1 aromatic carbocycles. The van der Waals surface area contributed by atoms with Gasteiger partial charge in [0.1, 0.15) is 5.75 Å². The highest BCUT2D eigenvalue weighted by Gasteiger charge is 2.23. The van der Waals surface area contributed by atoms with E-state index in [1.54, 1.807) is 7.11 Å². The molecule has 102 valence electrons. The molecule has 2 atom stereocenters. The fourth-order valence-electron chi connectivity index (χ4n) is 2.46. The third-order valence-corrected chi connectivity index (χ3v) is 3.95. The average Bonchev–Trinajstić information content (AvgIpc) is 2.32. The molecule has 0 aromatic heterocycles. The second kappa shape index (κ2) is 6.21. The van der Waals surface area contributed by atoms with Crippen LogP contribution in [0.4, 0.5) is 0 Å². The van der Waals surface area contributed by atoms with Gasteiger partial charge in [-0.2, -0.15) is 0 Å². The van der Waals surface area contributed by atoms with Crippen molar-refractivity contribution < 1.29 is 4.74 Å². The van der Waals surface area contributed by atoms with Crippen LogP contribution in [-0.2, 0) is 0 Å². The molecule has 0 aliphatic rings. The molecule has 0 radical (unpaired) electrons. The van der Waals surface area contributed by atoms with Crippen molar-refractivity contribution in [2.45, 2.75) is 33.7 Å². The molecule has 0 saturated heterocycles. The molecular formula is C15H26N2O. The highest BCUT2D eigenvalue weighted by molar-refractivity contribution is 5.44. The first-order valence-electron chi connectivity index (χ1n) is 6.53. The van der Waals surface area contributed by atoms with Crippen molar-refractivity contribution in [3.05, 3.63) is 28.8 Å². The maximum absolute atomic E-state index is 6.39. The first-order chi connectivity index (χ1) is 8.43. The van der Waals surface area contributed by atoms with E-state index in [9.17, 15) is 0 Å². The van der Waals surface area contributed by atoms with Crippen molar-refractivity contribution in [2.24, 2.45) is 23.3 Å². The Morgan fingerprint density at radius 2 is 1.78 bits per heavy atom. The monoisotopic (exact) mass is 250 g/mol. The lowest BCUT2D eigenvalue weighted by Crippen LogP contribution is -2.32. The minimum atomic E-state index is -0.0143. The number of nitrogens with two attached hydrogens (primary N) is 2. The first kappa shape index (κ1) is 15.0. The van der Waals surface area contributed by atoms with E-state index in [1.165, 1.54) is 11.1 Å². The highest BCUT2D eigenvalue weighted by atomic mass is 16.5. The standard InChI is InChI=1S/C15H26N2O/c1-9(2)13(8-16)15(17)12-6-7-14(18-5)11(4)10(12)3/h6-7,9,13,15H,8,16-17H2,1-5H3. The summed E-state index contributed by atoms with van der Waals surface area (Å²) in [4.78, 5) is 0. The third-order valence-electron chi connectivity index (χ3n) is 3.95. The molecule has 1 aromatic rings. The normalized spacial score (nSPS) is 14.7. The smallest absolute Gasteiger partial charge is 0.122 e. The first-order valence-corrected chi connectivity index (χ1v) is 6.53. The van der Waals surface area contributed by atoms with Crippen molar-refractivity contribution in [1.82, 2.24) is 0 Å². The number of methoxy groups -OCH3 is 1. The van der Waals surface area contributed by atoms with Gasteiger partial charge in [0.05, 0.1) is 7.11 Å². The predicted octanol–water partition coefficient (Wildman–Crippen LogP) is 2.54. The number of hydrogen-bond donors (Lipinski definition) is 2. The number of ether oxygens (including phenoxy) is 1. The van der Waals surface area contributed by atoms with Crippen LogP contribution in [0, 0.1) is 25.7 Å². The molecule has 1 rings (SSSR count).